The van der Waals surface area contributed by atoms with Gasteiger partial charge >= 0.3 is 5.97 Å². The third-order valence-electron chi connectivity index (χ3n) is 5.04. The molecule has 0 radical (unpaired) electrons. The van der Waals surface area contributed by atoms with Gasteiger partial charge in [0.1, 0.15) is 6.10 Å². The van der Waals surface area contributed by atoms with Gasteiger partial charge in [0.05, 0.1) is 19.6 Å². The Balaban J connectivity index is 1.41. The molecule has 0 aromatic carbocycles. The lowest BCUT2D eigenvalue weighted by Gasteiger charge is -2.35. The van der Waals surface area contributed by atoms with Crippen LogP contribution >= 0.6 is 0 Å². The van der Waals surface area contributed by atoms with Crippen molar-refractivity contribution in [1.29, 1.82) is 0 Å². The van der Waals surface area contributed by atoms with E-state index in [1.54, 1.807) is 0 Å². The topological polar surface area (TPSA) is 44.8 Å². The van der Waals surface area contributed by atoms with E-state index in [4.69, 9.17) is 14.2 Å². The summed E-state index contributed by atoms with van der Waals surface area (Å²) in [7, 11) is 0. The highest BCUT2D eigenvalue weighted by Crippen LogP contribution is 2.65. The van der Waals surface area contributed by atoms with E-state index in [1.165, 1.54) is 0 Å². The van der Waals surface area contributed by atoms with Gasteiger partial charge in [-0.05, 0) is 18.3 Å². The van der Waals surface area contributed by atoms with Gasteiger partial charge in [-0.25, -0.2) is 0 Å². The van der Waals surface area contributed by atoms with E-state index in [0.29, 0.717) is 30.1 Å². The Bertz CT molecular complexity index is 381. The minimum Gasteiger partial charge on any atom is -0.462 e. The summed E-state index contributed by atoms with van der Waals surface area (Å²) in [5.74, 6) is 2.21. The summed E-state index contributed by atoms with van der Waals surface area (Å²) in [6.07, 6.45) is 1.80. The van der Waals surface area contributed by atoms with Crippen molar-refractivity contribution in [3.8, 4) is 0 Å². The van der Waals surface area contributed by atoms with Crippen LogP contribution in [0.5, 0.6) is 0 Å². The standard InChI is InChI=1S/C14H20O4/c1-14(2)5-16-13(17-6-14)12-8-3-9-7(11(8)12)4-10(15)18-9/h7-9,11-13H,3-6H2,1-2H3/t7-,8-,9-,11+,12-/m0/s1. The number of hydrogen-bond donors (Lipinski definition) is 0. The van der Waals surface area contributed by atoms with E-state index >= 15 is 0 Å². The van der Waals surface area contributed by atoms with Gasteiger partial charge in [-0.1, -0.05) is 13.8 Å². The lowest BCUT2D eigenvalue weighted by atomic mass is 9.93. The van der Waals surface area contributed by atoms with Crippen molar-refractivity contribution in [2.75, 3.05) is 13.2 Å². The molecule has 18 heavy (non-hydrogen) atoms. The first kappa shape index (κ1) is 11.2. The van der Waals surface area contributed by atoms with Gasteiger partial charge in [-0.3, -0.25) is 4.79 Å². The molecule has 0 N–H and O–H groups in total. The van der Waals surface area contributed by atoms with Crippen LogP contribution in [0.2, 0.25) is 0 Å². The zero-order valence-electron chi connectivity index (χ0n) is 10.9. The molecule has 0 amide bonds. The minimum atomic E-state index is -0.0373. The van der Waals surface area contributed by atoms with Crippen molar-refractivity contribution in [3.63, 3.8) is 0 Å². The lowest BCUT2D eigenvalue weighted by Crippen LogP contribution is -2.40. The molecule has 4 heteroatoms. The van der Waals surface area contributed by atoms with Gasteiger partial charge in [-0.2, -0.15) is 0 Å². The molecule has 100 valence electrons. The summed E-state index contributed by atoms with van der Waals surface area (Å²) in [6.45, 7) is 5.88. The van der Waals surface area contributed by atoms with Crippen LogP contribution in [0.4, 0.5) is 0 Å². The van der Waals surface area contributed by atoms with Crippen molar-refractivity contribution in [1.82, 2.24) is 0 Å². The molecule has 0 unspecified atom stereocenters. The Kier molecular flexibility index (Phi) is 2.17. The summed E-state index contributed by atoms with van der Waals surface area (Å²) < 4.78 is 17.1. The zero-order chi connectivity index (χ0) is 12.5. The predicted molar refractivity (Wildman–Crippen MR) is 62.5 cm³/mol. The van der Waals surface area contributed by atoms with Crippen LogP contribution in [-0.2, 0) is 19.0 Å². The first-order valence-electron chi connectivity index (χ1n) is 6.98. The Morgan fingerprint density at radius 2 is 1.83 bits per heavy atom. The maximum absolute atomic E-state index is 11.3. The van der Waals surface area contributed by atoms with Crippen LogP contribution in [0.1, 0.15) is 26.7 Å². The SMILES string of the molecule is CC1(C)COC([C@H]2[C@H]3C[C@@H]4OC(=O)C[C@@H]4[C@H]32)OC1. The molecule has 0 spiro atoms. The van der Waals surface area contributed by atoms with Crippen molar-refractivity contribution in [2.24, 2.45) is 29.1 Å². The maximum Gasteiger partial charge on any atom is 0.306 e. The molecule has 2 aliphatic carbocycles. The van der Waals surface area contributed by atoms with Gasteiger partial charge in [0.25, 0.3) is 0 Å². The molecule has 2 aliphatic heterocycles. The summed E-state index contributed by atoms with van der Waals surface area (Å²) >= 11 is 0. The van der Waals surface area contributed by atoms with Crippen LogP contribution in [0.3, 0.4) is 0 Å². The van der Waals surface area contributed by atoms with Gasteiger partial charge < -0.3 is 14.2 Å². The number of esters is 1. The first-order chi connectivity index (χ1) is 8.55. The second-order valence-corrected chi connectivity index (χ2v) is 7.11. The largest absolute Gasteiger partial charge is 0.462 e. The van der Waals surface area contributed by atoms with Crippen LogP contribution < -0.4 is 0 Å². The van der Waals surface area contributed by atoms with Crippen LogP contribution in [0.25, 0.3) is 0 Å². The molecular formula is C14H20O4. The molecule has 5 atom stereocenters. The second-order valence-electron chi connectivity index (χ2n) is 7.11. The molecule has 0 bridgehead atoms. The average molecular weight is 252 g/mol. The number of carbonyl (C=O) groups is 1. The molecule has 0 aromatic rings. The molecule has 4 rings (SSSR count). The number of carbonyl (C=O) groups excluding carboxylic acids is 1. The summed E-state index contributed by atoms with van der Waals surface area (Å²) in [6, 6.07) is 0. The van der Waals surface area contributed by atoms with Crippen molar-refractivity contribution in [2.45, 2.75) is 39.1 Å². The summed E-state index contributed by atoms with van der Waals surface area (Å²) in [5.41, 5.74) is 0.134. The van der Waals surface area contributed by atoms with Crippen LogP contribution in [0, 0.1) is 29.1 Å². The number of ether oxygens (including phenoxy) is 3. The Labute approximate surface area is 107 Å². The molecule has 0 aromatic heterocycles. The zero-order valence-corrected chi connectivity index (χ0v) is 10.9. The molecule has 4 aliphatic rings. The summed E-state index contributed by atoms with van der Waals surface area (Å²) in [5, 5.41) is 0. The fourth-order valence-corrected chi connectivity index (χ4v) is 4.16. The Morgan fingerprint density at radius 1 is 1.11 bits per heavy atom. The van der Waals surface area contributed by atoms with E-state index in [2.05, 4.69) is 13.8 Å². The maximum atomic E-state index is 11.3. The molecule has 4 nitrogen and oxygen atoms in total. The van der Waals surface area contributed by atoms with E-state index in [-0.39, 0.29) is 23.8 Å². The van der Waals surface area contributed by atoms with Crippen molar-refractivity contribution in [3.05, 3.63) is 0 Å². The van der Waals surface area contributed by atoms with E-state index in [9.17, 15) is 4.79 Å². The average Bonchev–Trinajstić information content (AvgIpc) is 2.67. The highest BCUT2D eigenvalue weighted by atomic mass is 16.7. The third-order valence-corrected chi connectivity index (χ3v) is 5.04. The summed E-state index contributed by atoms with van der Waals surface area (Å²) in [4.78, 5) is 11.3. The lowest BCUT2D eigenvalue weighted by molar-refractivity contribution is -0.235. The second kappa shape index (κ2) is 3.48. The van der Waals surface area contributed by atoms with Gasteiger partial charge in [0, 0.05) is 17.3 Å². The predicted octanol–water partition coefficient (Wildman–Crippen LogP) is 1.58. The quantitative estimate of drug-likeness (QED) is 0.665. The first-order valence-corrected chi connectivity index (χ1v) is 6.98. The van der Waals surface area contributed by atoms with E-state index in [1.807, 2.05) is 0 Å². The minimum absolute atomic E-state index is 0.0132. The van der Waals surface area contributed by atoms with Crippen molar-refractivity contribution >= 4 is 5.97 Å². The molecular weight excluding hydrogens is 232 g/mol. The fourth-order valence-electron chi connectivity index (χ4n) is 4.16. The number of rotatable bonds is 1. The molecule has 2 saturated carbocycles. The van der Waals surface area contributed by atoms with Crippen LogP contribution in [-0.4, -0.2) is 31.6 Å². The van der Waals surface area contributed by atoms with E-state index in [0.717, 1.165) is 19.6 Å². The third kappa shape index (κ3) is 1.55. The Hall–Kier alpha value is -0.610. The molecule has 2 saturated heterocycles. The van der Waals surface area contributed by atoms with Crippen molar-refractivity contribution < 1.29 is 19.0 Å². The van der Waals surface area contributed by atoms with Crippen LogP contribution in [0.15, 0.2) is 0 Å². The molecule has 2 heterocycles. The monoisotopic (exact) mass is 252 g/mol. The van der Waals surface area contributed by atoms with Gasteiger partial charge in [-0.15, -0.1) is 0 Å². The fraction of sp³-hybridized carbons (Fsp3) is 0.929. The Morgan fingerprint density at radius 3 is 2.56 bits per heavy atom. The number of hydrogen-bond acceptors (Lipinski definition) is 4. The highest BCUT2D eigenvalue weighted by Gasteiger charge is 2.68. The van der Waals surface area contributed by atoms with Gasteiger partial charge in [0.2, 0.25) is 0 Å². The number of fused-ring (bicyclic) bond motifs is 3. The smallest absolute Gasteiger partial charge is 0.306 e. The van der Waals surface area contributed by atoms with Gasteiger partial charge in [0.15, 0.2) is 6.29 Å². The highest BCUT2D eigenvalue weighted by molar-refractivity contribution is 5.72. The molecule has 4 fully saturated rings. The van der Waals surface area contributed by atoms with E-state index < -0.39 is 0 Å². The normalized spacial score (nSPS) is 49.7.